The van der Waals surface area contributed by atoms with Crippen molar-refractivity contribution in [2.45, 2.75) is 19.9 Å². The third kappa shape index (κ3) is 5.40. The number of esters is 1. The number of benzene rings is 3. The SMILES string of the molecule is CCOC(=O)C1=C(C)N(c2ccc(Cl)cc2)C(=O)N[C@@H]1c1ccc(Oc2ccc(OC)cc2)c([N+](=O)[O-])c1. The summed E-state index contributed by atoms with van der Waals surface area (Å²) in [5.41, 5.74) is 0.915. The van der Waals surface area contributed by atoms with Crippen LogP contribution in [0.25, 0.3) is 0 Å². The van der Waals surface area contributed by atoms with Crippen molar-refractivity contribution in [2.24, 2.45) is 0 Å². The van der Waals surface area contributed by atoms with E-state index >= 15 is 0 Å². The Morgan fingerprint density at radius 3 is 2.34 bits per heavy atom. The fourth-order valence-corrected chi connectivity index (χ4v) is 4.21. The number of halogens is 1. The van der Waals surface area contributed by atoms with Crippen LogP contribution in [0.5, 0.6) is 17.2 Å². The molecule has 2 amide bonds. The van der Waals surface area contributed by atoms with E-state index in [9.17, 15) is 19.7 Å². The maximum absolute atomic E-state index is 13.2. The molecule has 196 valence electrons. The molecule has 0 fully saturated rings. The molecule has 38 heavy (non-hydrogen) atoms. The van der Waals surface area contributed by atoms with Gasteiger partial charge in [-0.3, -0.25) is 15.0 Å². The number of nitrogens with one attached hydrogen (secondary N) is 1. The van der Waals surface area contributed by atoms with E-state index in [4.69, 9.17) is 25.8 Å². The highest BCUT2D eigenvalue weighted by Gasteiger charge is 2.38. The van der Waals surface area contributed by atoms with Crippen LogP contribution < -0.4 is 19.7 Å². The highest BCUT2D eigenvalue weighted by molar-refractivity contribution is 6.30. The van der Waals surface area contributed by atoms with Gasteiger partial charge in [-0.2, -0.15) is 0 Å². The van der Waals surface area contributed by atoms with Gasteiger partial charge in [0.1, 0.15) is 11.5 Å². The molecule has 10 nitrogen and oxygen atoms in total. The van der Waals surface area contributed by atoms with Gasteiger partial charge >= 0.3 is 17.7 Å². The maximum atomic E-state index is 13.2. The minimum atomic E-state index is -1.00. The Morgan fingerprint density at radius 1 is 1.08 bits per heavy atom. The molecule has 0 saturated heterocycles. The number of methoxy groups -OCH3 is 1. The molecule has 1 aliphatic heterocycles. The molecule has 11 heteroatoms. The highest BCUT2D eigenvalue weighted by atomic mass is 35.5. The number of amides is 2. The molecule has 0 unspecified atom stereocenters. The normalized spacial score (nSPS) is 15.1. The van der Waals surface area contributed by atoms with Crippen molar-refractivity contribution in [3.8, 4) is 17.2 Å². The molecule has 4 rings (SSSR count). The summed E-state index contributed by atoms with van der Waals surface area (Å²) in [5.74, 6) is 0.313. The molecule has 1 aliphatic rings. The van der Waals surface area contributed by atoms with Crippen LogP contribution in [0, 0.1) is 10.1 Å². The van der Waals surface area contributed by atoms with E-state index in [-0.39, 0.29) is 23.6 Å². The number of urea groups is 1. The van der Waals surface area contributed by atoms with Gasteiger partial charge < -0.3 is 19.5 Å². The standard InChI is InChI=1S/C27H24ClN3O7/c1-4-37-26(32)24-16(2)30(19-8-6-18(28)7-9-19)27(33)29-25(24)17-5-14-23(22(15-17)31(34)35)38-21-12-10-20(36-3)11-13-21/h5-15,25H,4H2,1-3H3,(H,29,33)/t25-/m1/s1. The van der Waals surface area contributed by atoms with Crippen LogP contribution in [0.4, 0.5) is 16.2 Å². The zero-order valence-corrected chi connectivity index (χ0v) is 21.5. The number of nitrogens with zero attached hydrogens (tertiary/aromatic N) is 2. The quantitative estimate of drug-likeness (QED) is 0.207. The van der Waals surface area contributed by atoms with Crippen LogP contribution in [-0.2, 0) is 9.53 Å². The monoisotopic (exact) mass is 537 g/mol. The molecule has 1 heterocycles. The van der Waals surface area contributed by atoms with Crippen molar-refractivity contribution >= 4 is 35.0 Å². The second-order valence-corrected chi connectivity index (χ2v) is 8.61. The van der Waals surface area contributed by atoms with Gasteiger partial charge in [-0.15, -0.1) is 0 Å². The molecule has 0 spiro atoms. The van der Waals surface area contributed by atoms with E-state index in [1.54, 1.807) is 68.4 Å². The summed E-state index contributed by atoms with van der Waals surface area (Å²) in [6.45, 7) is 3.38. The van der Waals surface area contributed by atoms with Gasteiger partial charge in [0.05, 0.1) is 35.9 Å². The molecule has 1 atom stereocenters. The van der Waals surface area contributed by atoms with E-state index in [1.165, 1.54) is 24.1 Å². The van der Waals surface area contributed by atoms with Crippen molar-refractivity contribution in [2.75, 3.05) is 18.6 Å². The molecule has 0 bridgehead atoms. The number of allylic oxidation sites excluding steroid dienone is 1. The van der Waals surface area contributed by atoms with Crippen LogP contribution in [0.3, 0.4) is 0 Å². The smallest absolute Gasteiger partial charge is 0.338 e. The van der Waals surface area contributed by atoms with Crippen molar-refractivity contribution in [1.82, 2.24) is 5.32 Å². The first-order chi connectivity index (χ1) is 18.2. The molecule has 3 aromatic carbocycles. The second-order valence-electron chi connectivity index (χ2n) is 8.18. The van der Waals surface area contributed by atoms with Gasteiger partial charge in [0, 0.05) is 16.8 Å². The van der Waals surface area contributed by atoms with E-state index in [1.807, 2.05) is 0 Å². The maximum Gasteiger partial charge on any atom is 0.338 e. The number of nitro benzene ring substituents is 1. The number of hydrogen-bond donors (Lipinski definition) is 1. The average Bonchev–Trinajstić information content (AvgIpc) is 2.90. The predicted octanol–water partition coefficient (Wildman–Crippen LogP) is 6.16. The second kappa shape index (κ2) is 11.2. The third-order valence-corrected chi connectivity index (χ3v) is 6.12. The Balaban J connectivity index is 1.76. The van der Waals surface area contributed by atoms with Gasteiger partial charge in [-0.1, -0.05) is 17.7 Å². The van der Waals surface area contributed by atoms with Crippen LogP contribution >= 0.6 is 11.6 Å². The van der Waals surface area contributed by atoms with Gasteiger partial charge in [0.15, 0.2) is 0 Å². The van der Waals surface area contributed by atoms with Gasteiger partial charge in [-0.25, -0.2) is 9.59 Å². The van der Waals surface area contributed by atoms with Crippen LogP contribution in [0.2, 0.25) is 5.02 Å². The first-order valence-corrected chi connectivity index (χ1v) is 12.0. The average molecular weight is 538 g/mol. The molecule has 0 aromatic heterocycles. The number of ether oxygens (including phenoxy) is 3. The summed E-state index contributed by atoms with van der Waals surface area (Å²) >= 11 is 5.99. The fraction of sp³-hybridized carbons (Fsp3) is 0.185. The van der Waals surface area contributed by atoms with Crippen LogP contribution in [0.15, 0.2) is 78.0 Å². The Bertz CT molecular complexity index is 1410. The first kappa shape index (κ1) is 26.5. The van der Waals surface area contributed by atoms with Crippen molar-refractivity contribution < 1.29 is 28.7 Å². The Labute approximate surface area is 223 Å². The number of anilines is 1. The largest absolute Gasteiger partial charge is 0.497 e. The number of carbonyl (C=O) groups excluding carboxylic acids is 2. The molecular weight excluding hydrogens is 514 g/mol. The summed E-state index contributed by atoms with van der Waals surface area (Å²) in [6, 6.07) is 15.8. The number of nitro groups is 1. The van der Waals surface area contributed by atoms with E-state index in [0.717, 1.165) is 0 Å². The van der Waals surface area contributed by atoms with Gasteiger partial charge in [-0.05, 0) is 74.0 Å². The van der Waals surface area contributed by atoms with Crippen LogP contribution in [-0.4, -0.2) is 30.6 Å². The van der Waals surface area contributed by atoms with Crippen molar-refractivity contribution in [3.63, 3.8) is 0 Å². The number of carbonyl (C=O) groups is 2. The van der Waals surface area contributed by atoms with E-state index < -0.39 is 23.0 Å². The zero-order valence-electron chi connectivity index (χ0n) is 20.8. The topological polar surface area (TPSA) is 120 Å². The number of hydrogen-bond acceptors (Lipinski definition) is 7. The Hall–Kier alpha value is -4.57. The van der Waals surface area contributed by atoms with E-state index in [0.29, 0.717) is 33.5 Å². The lowest BCUT2D eigenvalue weighted by Gasteiger charge is -2.35. The number of rotatable bonds is 8. The summed E-state index contributed by atoms with van der Waals surface area (Å²) in [7, 11) is 1.53. The summed E-state index contributed by atoms with van der Waals surface area (Å²) < 4.78 is 16.1. The fourth-order valence-electron chi connectivity index (χ4n) is 4.08. The summed E-state index contributed by atoms with van der Waals surface area (Å²) in [6.07, 6.45) is 0. The molecule has 3 aromatic rings. The minimum absolute atomic E-state index is 0.00719. The lowest BCUT2D eigenvalue weighted by molar-refractivity contribution is -0.385. The summed E-state index contributed by atoms with van der Waals surface area (Å²) in [5, 5.41) is 15.2. The molecule has 1 N–H and O–H groups in total. The Kier molecular flexibility index (Phi) is 7.82. The minimum Gasteiger partial charge on any atom is -0.497 e. The predicted molar refractivity (Wildman–Crippen MR) is 141 cm³/mol. The molecule has 0 radical (unpaired) electrons. The van der Waals surface area contributed by atoms with Crippen molar-refractivity contribution in [3.05, 3.63) is 98.7 Å². The van der Waals surface area contributed by atoms with Crippen molar-refractivity contribution in [1.29, 1.82) is 0 Å². The highest BCUT2D eigenvalue weighted by Crippen LogP contribution is 2.39. The van der Waals surface area contributed by atoms with E-state index in [2.05, 4.69) is 5.32 Å². The summed E-state index contributed by atoms with van der Waals surface area (Å²) in [4.78, 5) is 39.0. The molecular formula is C27H24ClN3O7. The third-order valence-electron chi connectivity index (χ3n) is 5.87. The van der Waals surface area contributed by atoms with Gasteiger partial charge in [0.25, 0.3) is 0 Å². The zero-order chi connectivity index (χ0) is 27.4. The lowest BCUT2D eigenvalue weighted by atomic mass is 9.94. The van der Waals surface area contributed by atoms with Gasteiger partial charge in [0.2, 0.25) is 5.75 Å². The molecule has 0 saturated carbocycles. The lowest BCUT2D eigenvalue weighted by Crippen LogP contribution is -2.48. The van der Waals surface area contributed by atoms with Crippen LogP contribution in [0.1, 0.15) is 25.5 Å². The first-order valence-electron chi connectivity index (χ1n) is 11.6. The molecule has 0 aliphatic carbocycles. The Morgan fingerprint density at radius 2 is 1.74 bits per heavy atom.